The highest BCUT2D eigenvalue weighted by Gasteiger charge is 2.33. The SMILES string of the molecule is CC#CCNC1(N)CCc2ccccc21. The molecule has 3 N–H and O–H groups in total. The lowest BCUT2D eigenvalue weighted by Crippen LogP contribution is -2.48. The smallest absolute Gasteiger partial charge is 0.0937 e. The number of nitrogens with two attached hydrogens (primary N) is 1. The number of hydrogen-bond donors (Lipinski definition) is 2. The Morgan fingerprint density at radius 2 is 2.27 bits per heavy atom. The molecular weight excluding hydrogens is 184 g/mol. The van der Waals surface area contributed by atoms with Crippen molar-refractivity contribution in [2.75, 3.05) is 6.54 Å². The molecule has 2 heteroatoms. The van der Waals surface area contributed by atoms with Crippen molar-refractivity contribution in [2.24, 2.45) is 5.73 Å². The van der Waals surface area contributed by atoms with Crippen LogP contribution in [0.3, 0.4) is 0 Å². The number of rotatable bonds is 2. The molecule has 2 rings (SSSR count). The third-order valence-corrected chi connectivity index (χ3v) is 2.96. The van der Waals surface area contributed by atoms with Crippen molar-refractivity contribution in [3.8, 4) is 11.8 Å². The molecule has 2 nitrogen and oxygen atoms in total. The minimum atomic E-state index is -0.375. The van der Waals surface area contributed by atoms with Crippen LogP contribution in [0.25, 0.3) is 0 Å². The number of nitrogens with one attached hydrogen (secondary N) is 1. The Hall–Kier alpha value is -1.30. The number of fused-ring (bicyclic) bond motifs is 1. The molecule has 0 heterocycles. The molecule has 1 unspecified atom stereocenters. The van der Waals surface area contributed by atoms with Crippen LogP contribution in [0.5, 0.6) is 0 Å². The van der Waals surface area contributed by atoms with Crippen LogP contribution in [-0.2, 0) is 12.1 Å². The highest BCUT2D eigenvalue weighted by molar-refractivity contribution is 5.37. The van der Waals surface area contributed by atoms with Crippen LogP contribution in [0.2, 0.25) is 0 Å². The van der Waals surface area contributed by atoms with E-state index >= 15 is 0 Å². The van der Waals surface area contributed by atoms with Crippen LogP contribution >= 0.6 is 0 Å². The van der Waals surface area contributed by atoms with Gasteiger partial charge in [0.15, 0.2) is 0 Å². The van der Waals surface area contributed by atoms with Crippen LogP contribution in [-0.4, -0.2) is 6.54 Å². The second-order valence-corrected chi connectivity index (χ2v) is 3.91. The molecule has 0 amide bonds. The lowest BCUT2D eigenvalue weighted by Gasteiger charge is -2.25. The van der Waals surface area contributed by atoms with Gasteiger partial charge in [0, 0.05) is 0 Å². The minimum absolute atomic E-state index is 0.375. The van der Waals surface area contributed by atoms with Gasteiger partial charge in [-0.1, -0.05) is 30.2 Å². The molecule has 0 saturated carbocycles. The van der Waals surface area contributed by atoms with E-state index in [0.717, 1.165) is 12.8 Å². The van der Waals surface area contributed by atoms with Crippen LogP contribution in [0.4, 0.5) is 0 Å². The molecule has 0 aliphatic heterocycles. The van der Waals surface area contributed by atoms with Gasteiger partial charge in [-0.25, -0.2) is 0 Å². The van der Waals surface area contributed by atoms with Gasteiger partial charge in [-0.3, -0.25) is 5.32 Å². The summed E-state index contributed by atoms with van der Waals surface area (Å²) in [6.07, 6.45) is 2.01. The summed E-state index contributed by atoms with van der Waals surface area (Å²) in [6.45, 7) is 2.49. The van der Waals surface area contributed by atoms with Crippen molar-refractivity contribution in [1.29, 1.82) is 0 Å². The van der Waals surface area contributed by atoms with E-state index in [4.69, 9.17) is 5.73 Å². The van der Waals surface area contributed by atoms with Crippen molar-refractivity contribution in [2.45, 2.75) is 25.4 Å². The first-order valence-electron chi connectivity index (χ1n) is 5.28. The minimum Gasteiger partial charge on any atom is -0.309 e. The van der Waals surface area contributed by atoms with Crippen molar-refractivity contribution >= 4 is 0 Å². The Morgan fingerprint density at radius 1 is 1.47 bits per heavy atom. The summed E-state index contributed by atoms with van der Waals surface area (Å²) in [5.74, 6) is 5.85. The van der Waals surface area contributed by atoms with E-state index in [1.54, 1.807) is 0 Å². The predicted octanol–water partition coefficient (Wildman–Crippen LogP) is 1.36. The Labute approximate surface area is 90.9 Å². The fraction of sp³-hybridized carbons (Fsp3) is 0.385. The zero-order valence-corrected chi connectivity index (χ0v) is 9.01. The fourth-order valence-corrected chi connectivity index (χ4v) is 2.11. The number of benzene rings is 1. The van der Waals surface area contributed by atoms with E-state index in [9.17, 15) is 0 Å². The molecule has 15 heavy (non-hydrogen) atoms. The van der Waals surface area contributed by atoms with Gasteiger partial charge in [-0.2, -0.15) is 0 Å². The molecule has 1 atom stereocenters. The maximum Gasteiger partial charge on any atom is 0.0937 e. The fourth-order valence-electron chi connectivity index (χ4n) is 2.11. The average Bonchev–Trinajstić information content (AvgIpc) is 2.59. The van der Waals surface area contributed by atoms with Gasteiger partial charge in [-0.05, 0) is 30.9 Å². The zero-order chi connectivity index (χ0) is 10.7. The average molecular weight is 200 g/mol. The molecule has 1 aromatic carbocycles. The second-order valence-electron chi connectivity index (χ2n) is 3.91. The van der Waals surface area contributed by atoms with Crippen molar-refractivity contribution in [3.63, 3.8) is 0 Å². The van der Waals surface area contributed by atoms with Crippen LogP contribution in [0.1, 0.15) is 24.5 Å². The first-order chi connectivity index (χ1) is 7.26. The topological polar surface area (TPSA) is 38.0 Å². The molecule has 0 saturated heterocycles. The van der Waals surface area contributed by atoms with Gasteiger partial charge in [0.2, 0.25) is 0 Å². The Bertz CT molecular complexity index is 414. The van der Waals surface area contributed by atoms with Gasteiger partial charge in [0.1, 0.15) is 0 Å². The van der Waals surface area contributed by atoms with E-state index in [0.29, 0.717) is 6.54 Å². The molecule has 0 spiro atoms. The zero-order valence-electron chi connectivity index (χ0n) is 9.01. The summed E-state index contributed by atoms with van der Waals surface area (Å²) in [5.41, 5.74) is 8.54. The van der Waals surface area contributed by atoms with Gasteiger partial charge < -0.3 is 5.73 Å². The Kier molecular flexibility index (Phi) is 2.77. The second kappa shape index (κ2) is 4.06. The molecule has 0 bridgehead atoms. The molecular formula is C13H16N2. The summed E-state index contributed by atoms with van der Waals surface area (Å²) in [5, 5.41) is 3.32. The van der Waals surface area contributed by atoms with Crippen molar-refractivity contribution < 1.29 is 0 Å². The van der Waals surface area contributed by atoms with Crippen molar-refractivity contribution in [3.05, 3.63) is 35.4 Å². The maximum absolute atomic E-state index is 6.33. The first kappa shape index (κ1) is 10.2. The van der Waals surface area contributed by atoms with Crippen LogP contribution in [0.15, 0.2) is 24.3 Å². The third kappa shape index (κ3) is 1.90. The molecule has 0 fully saturated rings. The quantitative estimate of drug-likeness (QED) is 0.559. The molecule has 78 valence electrons. The van der Waals surface area contributed by atoms with E-state index in [2.05, 4.69) is 35.4 Å². The standard InChI is InChI=1S/C13H16N2/c1-2-3-10-15-13(14)9-8-11-6-4-5-7-12(11)13/h4-7,15H,8-10,14H2,1H3. The van der Waals surface area contributed by atoms with Gasteiger partial charge in [0.25, 0.3) is 0 Å². The van der Waals surface area contributed by atoms with Gasteiger partial charge in [0.05, 0.1) is 12.2 Å². The molecule has 0 aromatic heterocycles. The number of hydrogen-bond acceptors (Lipinski definition) is 2. The van der Waals surface area contributed by atoms with Gasteiger partial charge >= 0.3 is 0 Å². The molecule has 0 radical (unpaired) electrons. The number of aryl methyl sites for hydroxylation is 1. The molecule has 1 aliphatic rings. The third-order valence-electron chi connectivity index (χ3n) is 2.96. The Balaban J connectivity index is 2.19. The summed E-state index contributed by atoms with van der Waals surface area (Å²) in [4.78, 5) is 0. The lowest BCUT2D eigenvalue weighted by molar-refractivity contribution is 0.361. The van der Waals surface area contributed by atoms with Gasteiger partial charge in [-0.15, -0.1) is 5.92 Å². The summed E-state index contributed by atoms with van der Waals surface area (Å²) in [7, 11) is 0. The highest BCUT2D eigenvalue weighted by atomic mass is 15.1. The Morgan fingerprint density at radius 3 is 3.07 bits per heavy atom. The molecule has 1 aliphatic carbocycles. The summed E-state index contributed by atoms with van der Waals surface area (Å²) < 4.78 is 0. The van der Waals surface area contributed by atoms with E-state index in [1.807, 2.05) is 13.0 Å². The van der Waals surface area contributed by atoms with Crippen LogP contribution in [0, 0.1) is 11.8 Å². The predicted molar refractivity (Wildman–Crippen MR) is 62.1 cm³/mol. The summed E-state index contributed by atoms with van der Waals surface area (Å²) >= 11 is 0. The van der Waals surface area contributed by atoms with Crippen molar-refractivity contribution in [1.82, 2.24) is 5.32 Å². The lowest BCUT2D eigenvalue weighted by atomic mass is 10.0. The van der Waals surface area contributed by atoms with E-state index in [1.165, 1.54) is 11.1 Å². The summed E-state index contributed by atoms with van der Waals surface area (Å²) in [6, 6.07) is 8.36. The maximum atomic E-state index is 6.33. The normalized spacial score (nSPS) is 23.1. The molecule has 1 aromatic rings. The largest absolute Gasteiger partial charge is 0.309 e. The van der Waals surface area contributed by atoms with E-state index in [-0.39, 0.29) is 5.66 Å². The monoisotopic (exact) mass is 200 g/mol. The highest BCUT2D eigenvalue weighted by Crippen LogP contribution is 2.32. The van der Waals surface area contributed by atoms with Crippen LogP contribution < -0.4 is 11.1 Å². The first-order valence-corrected chi connectivity index (χ1v) is 5.28. The van der Waals surface area contributed by atoms with E-state index < -0.39 is 0 Å².